The normalized spacial score (nSPS) is 10.2. The molecule has 5 nitrogen and oxygen atoms in total. The van der Waals surface area contributed by atoms with Crippen molar-refractivity contribution in [3.63, 3.8) is 0 Å². The van der Waals surface area contributed by atoms with Gasteiger partial charge in [0, 0.05) is 16.0 Å². The number of halogens is 2. The quantitative estimate of drug-likeness (QED) is 0.528. The van der Waals surface area contributed by atoms with Crippen LogP contribution < -0.4 is 11.5 Å². The first kappa shape index (κ1) is 18.7. The predicted octanol–water partition coefficient (Wildman–Crippen LogP) is 3.70. The van der Waals surface area contributed by atoms with E-state index in [-0.39, 0.29) is 18.4 Å². The molecule has 0 spiro atoms. The first-order valence-corrected chi connectivity index (χ1v) is 7.64. The van der Waals surface area contributed by atoms with Crippen molar-refractivity contribution in [1.82, 2.24) is 4.98 Å². The number of amides is 1. The van der Waals surface area contributed by atoms with Gasteiger partial charge in [0.25, 0.3) is 5.91 Å². The second kappa shape index (κ2) is 7.51. The molecule has 128 valence electrons. The van der Waals surface area contributed by atoms with Crippen LogP contribution in [-0.2, 0) is 0 Å². The molecule has 0 aliphatic heterocycles. The Bertz CT molecular complexity index is 968. The first-order valence-electron chi connectivity index (χ1n) is 7.26. The van der Waals surface area contributed by atoms with Gasteiger partial charge in [0.05, 0.1) is 16.8 Å². The Balaban J connectivity index is 0.00000225. The van der Waals surface area contributed by atoms with E-state index in [0.717, 1.165) is 11.1 Å². The van der Waals surface area contributed by atoms with Crippen LogP contribution in [0.25, 0.3) is 22.2 Å². The van der Waals surface area contributed by atoms with Gasteiger partial charge in [-0.25, -0.2) is 4.98 Å². The highest BCUT2D eigenvalue weighted by Crippen LogP contribution is 2.29. The minimum atomic E-state index is -0.527. The molecular formula is C18H16Cl2N4O. The van der Waals surface area contributed by atoms with Crippen LogP contribution in [-0.4, -0.2) is 16.9 Å². The third-order valence-electron chi connectivity index (χ3n) is 3.60. The molecule has 1 amide bonds. The van der Waals surface area contributed by atoms with Crippen LogP contribution in [0.3, 0.4) is 0 Å². The molecule has 2 aromatic carbocycles. The second-order valence-corrected chi connectivity index (χ2v) is 5.82. The van der Waals surface area contributed by atoms with Crippen LogP contribution in [0, 0.1) is 6.92 Å². The molecule has 25 heavy (non-hydrogen) atoms. The molecule has 0 saturated heterocycles. The second-order valence-electron chi connectivity index (χ2n) is 5.38. The number of benzene rings is 2. The van der Waals surface area contributed by atoms with Crippen LogP contribution in [0.5, 0.6) is 0 Å². The third kappa shape index (κ3) is 3.90. The average Bonchev–Trinajstić information content (AvgIpc) is 2.54. The number of rotatable bonds is 2. The lowest BCUT2D eigenvalue weighted by atomic mass is 10.0. The van der Waals surface area contributed by atoms with Crippen molar-refractivity contribution in [3.05, 3.63) is 64.7 Å². The molecule has 3 rings (SSSR count). The summed E-state index contributed by atoms with van der Waals surface area (Å²) in [4.78, 5) is 20.8. The van der Waals surface area contributed by atoms with Gasteiger partial charge >= 0.3 is 0 Å². The van der Waals surface area contributed by atoms with E-state index in [2.05, 4.69) is 9.98 Å². The van der Waals surface area contributed by atoms with Crippen molar-refractivity contribution in [2.24, 2.45) is 16.5 Å². The number of aromatic nitrogens is 1. The number of aliphatic imine (C=N–C) groups is 1. The number of hydrogen-bond donors (Lipinski definition) is 2. The molecule has 3 aromatic rings. The van der Waals surface area contributed by atoms with Crippen LogP contribution in [0.4, 0.5) is 0 Å². The zero-order chi connectivity index (χ0) is 17.3. The van der Waals surface area contributed by atoms with Crippen molar-refractivity contribution in [3.8, 4) is 11.3 Å². The lowest BCUT2D eigenvalue weighted by Crippen LogP contribution is -2.24. The van der Waals surface area contributed by atoms with Gasteiger partial charge in [0.15, 0.2) is 5.96 Å². The molecule has 0 saturated carbocycles. The molecule has 0 radical (unpaired) electrons. The van der Waals surface area contributed by atoms with Gasteiger partial charge in [-0.05, 0) is 30.7 Å². The van der Waals surface area contributed by atoms with Crippen molar-refractivity contribution in [2.45, 2.75) is 6.92 Å². The molecule has 7 heteroatoms. The van der Waals surface area contributed by atoms with Gasteiger partial charge in [-0.15, -0.1) is 12.4 Å². The minimum Gasteiger partial charge on any atom is -0.370 e. The maximum absolute atomic E-state index is 12.5. The number of fused-ring (bicyclic) bond motifs is 1. The van der Waals surface area contributed by atoms with E-state index in [9.17, 15) is 4.79 Å². The Kier molecular flexibility index (Phi) is 5.62. The fourth-order valence-electron chi connectivity index (χ4n) is 2.57. The van der Waals surface area contributed by atoms with E-state index in [1.807, 2.05) is 37.3 Å². The standard InChI is InChI=1S/C18H15ClN4O.ClH/c1-10-7-12(19)8-13-14(17(24)23-18(20)21)9-15(22-16(10)13)11-5-3-2-4-6-11;/h2-9H,1H3,(H4,20,21,23,24);1H. The summed E-state index contributed by atoms with van der Waals surface area (Å²) in [5.74, 6) is -0.814. The summed E-state index contributed by atoms with van der Waals surface area (Å²) in [6.45, 7) is 1.89. The Morgan fingerprint density at radius 1 is 1.12 bits per heavy atom. The Hall–Kier alpha value is -2.63. The number of nitrogens with two attached hydrogens (primary N) is 2. The smallest absolute Gasteiger partial charge is 0.280 e. The predicted molar refractivity (Wildman–Crippen MR) is 104 cm³/mol. The molecule has 0 bridgehead atoms. The van der Waals surface area contributed by atoms with E-state index in [1.165, 1.54) is 0 Å². The number of hydrogen-bond acceptors (Lipinski definition) is 2. The summed E-state index contributed by atoms with van der Waals surface area (Å²) in [7, 11) is 0. The summed E-state index contributed by atoms with van der Waals surface area (Å²) in [6, 6.07) is 14.8. The lowest BCUT2D eigenvalue weighted by molar-refractivity contribution is 0.100. The summed E-state index contributed by atoms with van der Waals surface area (Å²) in [6.07, 6.45) is 0. The van der Waals surface area contributed by atoms with Gasteiger partial charge in [-0.3, -0.25) is 4.79 Å². The van der Waals surface area contributed by atoms with E-state index in [4.69, 9.17) is 23.1 Å². The number of carbonyl (C=O) groups is 1. The molecule has 1 aromatic heterocycles. The third-order valence-corrected chi connectivity index (χ3v) is 3.82. The van der Waals surface area contributed by atoms with Gasteiger partial charge in [0.1, 0.15) is 0 Å². The molecule has 0 atom stereocenters. The fourth-order valence-corrected chi connectivity index (χ4v) is 2.84. The highest BCUT2D eigenvalue weighted by atomic mass is 35.5. The first-order chi connectivity index (χ1) is 11.5. The lowest BCUT2D eigenvalue weighted by Gasteiger charge is -2.10. The fraction of sp³-hybridized carbons (Fsp3) is 0.0556. The van der Waals surface area contributed by atoms with Gasteiger partial charge in [-0.1, -0.05) is 41.9 Å². The topological polar surface area (TPSA) is 94.4 Å². The van der Waals surface area contributed by atoms with E-state index >= 15 is 0 Å². The van der Waals surface area contributed by atoms with Crippen LogP contribution in [0.1, 0.15) is 15.9 Å². The summed E-state index contributed by atoms with van der Waals surface area (Å²) in [5.41, 5.74) is 14.2. The zero-order valence-electron chi connectivity index (χ0n) is 13.4. The van der Waals surface area contributed by atoms with E-state index < -0.39 is 5.91 Å². The maximum Gasteiger partial charge on any atom is 0.280 e. The minimum absolute atomic E-state index is 0. The number of aryl methyl sites for hydroxylation is 1. The van der Waals surface area contributed by atoms with E-state index in [1.54, 1.807) is 18.2 Å². The average molecular weight is 375 g/mol. The molecule has 0 fully saturated rings. The maximum atomic E-state index is 12.5. The van der Waals surface area contributed by atoms with Gasteiger partial charge < -0.3 is 11.5 Å². The molecule has 4 N–H and O–H groups in total. The summed E-state index contributed by atoms with van der Waals surface area (Å²) < 4.78 is 0. The SMILES string of the molecule is Cc1cc(Cl)cc2c(C(=O)N=C(N)N)cc(-c3ccccc3)nc12.Cl. The number of guanidine groups is 1. The van der Waals surface area contributed by atoms with Crippen molar-refractivity contribution >= 4 is 46.8 Å². The number of pyridine rings is 1. The summed E-state index contributed by atoms with van der Waals surface area (Å²) in [5, 5.41) is 1.14. The van der Waals surface area contributed by atoms with Crippen molar-refractivity contribution in [2.75, 3.05) is 0 Å². The summed E-state index contributed by atoms with van der Waals surface area (Å²) >= 11 is 6.14. The molecule has 0 unspecified atom stereocenters. The monoisotopic (exact) mass is 374 g/mol. The van der Waals surface area contributed by atoms with E-state index in [0.29, 0.717) is 27.2 Å². The van der Waals surface area contributed by atoms with Crippen LogP contribution in [0.15, 0.2) is 53.5 Å². The van der Waals surface area contributed by atoms with Crippen molar-refractivity contribution < 1.29 is 4.79 Å². The highest BCUT2D eigenvalue weighted by Gasteiger charge is 2.16. The highest BCUT2D eigenvalue weighted by molar-refractivity contribution is 6.31. The molecule has 0 aliphatic carbocycles. The zero-order valence-corrected chi connectivity index (χ0v) is 14.9. The van der Waals surface area contributed by atoms with Crippen molar-refractivity contribution in [1.29, 1.82) is 0 Å². The molecular weight excluding hydrogens is 359 g/mol. The Morgan fingerprint density at radius 3 is 2.44 bits per heavy atom. The Labute approximate surface area is 156 Å². The van der Waals surface area contributed by atoms with Gasteiger partial charge in [-0.2, -0.15) is 4.99 Å². The van der Waals surface area contributed by atoms with Crippen LogP contribution >= 0.6 is 24.0 Å². The van der Waals surface area contributed by atoms with Gasteiger partial charge in [0.2, 0.25) is 0 Å². The van der Waals surface area contributed by atoms with Crippen LogP contribution in [0.2, 0.25) is 5.02 Å². The molecule has 0 aliphatic rings. The molecule has 1 heterocycles. The largest absolute Gasteiger partial charge is 0.370 e. The number of nitrogens with zero attached hydrogens (tertiary/aromatic N) is 2. The number of carbonyl (C=O) groups excluding carboxylic acids is 1. The Morgan fingerprint density at radius 2 is 1.80 bits per heavy atom.